The molecule has 1 saturated heterocycles. The van der Waals surface area contributed by atoms with Crippen molar-refractivity contribution >= 4 is 34.0 Å². The number of nitrogens with one attached hydrogen (secondary N) is 1. The molecule has 0 aromatic heterocycles. The van der Waals surface area contributed by atoms with Gasteiger partial charge in [-0.2, -0.15) is 0 Å². The highest BCUT2D eigenvalue weighted by molar-refractivity contribution is 14.1. The van der Waals surface area contributed by atoms with Gasteiger partial charge in [0, 0.05) is 30.9 Å². The minimum absolute atomic E-state index is 0.199. The van der Waals surface area contributed by atoms with E-state index in [9.17, 15) is 10.1 Å². The normalized spacial score (nSPS) is 21.5. The first kappa shape index (κ1) is 15.0. The van der Waals surface area contributed by atoms with Gasteiger partial charge < -0.3 is 10.2 Å². The topological polar surface area (TPSA) is 58.4 Å². The highest BCUT2D eigenvalue weighted by Crippen LogP contribution is 2.33. The first-order chi connectivity index (χ1) is 10.1. The molecule has 0 radical (unpaired) electrons. The summed E-state index contributed by atoms with van der Waals surface area (Å²) < 4.78 is 0.718. The molecule has 1 unspecified atom stereocenters. The molecule has 1 atom stereocenters. The number of nitro groups is 1. The van der Waals surface area contributed by atoms with Crippen LogP contribution in [-0.4, -0.2) is 30.6 Å². The van der Waals surface area contributed by atoms with Crippen LogP contribution in [0.3, 0.4) is 0 Å². The van der Waals surface area contributed by atoms with Crippen LogP contribution >= 0.6 is 22.6 Å². The second-order valence-electron chi connectivity index (χ2n) is 6.03. The maximum Gasteiger partial charge on any atom is 0.282 e. The van der Waals surface area contributed by atoms with E-state index in [1.165, 1.54) is 25.7 Å². The van der Waals surface area contributed by atoms with Crippen molar-refractivity contribution in [2.24, 2.45) is 5.92 Å². The molecule has 2 aliphatic rings. The predicted molar refractivity (Wildman–Crippen MR) is 91.8 cm³/mol. The quantitative estimate of drug-likeness (QED) is 0.452. The summed E-state index contributed by atoms with van der Waals surface area (Å²) in [5, 5.41) is 14.5. The maximum absolute atomic E-state index is 10.9. The minimum Gasteiger partial charge on any atom is -0.370 e. The van der Waals surface area contributed by atoms with Gasteiger partial charge >= 0.3 is 0 Å². The van der Waals surface area contributed by atoms with Crippen LogP contribution < -0.4 is 10.2 Å². The van der Waals surface area contributed by atoms with Crippen molar-refractivity contribution < 1.29 is 4.92 Å². The lowest BCUT2D eigenvalue weighted by Crippen LogP contribution is -2.38. The summed E-state index contributed by atoms with van der Waals surface area (Å²) in [6, 6.07) is 6.05. The number of nitro benzene ring substituents is 1. The first-order valence-corrected chi connectivity index (χ1v) is 8.63. The van der Waals surface area contributed by atoms with E-state index in [0.29, 0.717) is 6.04 Å². The molecule has 0 amide bonds. The fourth-order valence-corrected chi connectivity index (χ4v) is 3.61. The number of hydrogen-bond acceptors (Lipinski definition) is 4. The first-order valence-electron chi connectivity index (χ1n) is 7.56. The summed E-state index contributed by atoms with van der Waals surface area (Å²) >= 11 is 2.06. The Kier molecular flexibility index (Phi) is 4.63. The van der Waals surface area contributed by atoms with Crippen LogP contribution in [-0.2, 0) is 0 Å². The molecule has 1 aromatic rings. The van der Waals surface area contributed by atoms with Crippen molar-refractivity contribution in [1.29, 1.82) is 0 Å². The number of hydrogen-bond donors (Lipinski definition) is 1. The van der Waals surface area contributed by atoms with E-state index in [1.807, 2.05) is 12.1 Å². The van der Waals surface area contributed by atoms with Crippen molar-refractivity contribution in [2.45, 2.75) is 31.7 Å². The van der Waals surface area contributed by atoms with Crippen LogP contribution in [0.15, 0.2) is 18.2 Å². The van der Waals surface area contributed by atoms with Crippen LogP contribution in [0.2, 0.25) is 0 Å². The third-order valence-electron chi connectivity index (χ3n) is 4.27. The Morgan fingerprint density at radius 2 is 2.14 bits per heavy atom. The van der Waals surface area contributed by atoms with E-state index in [2.05, 4.69) is 32.8 Å². The van der Waals surface area contributed by atoms with Crippen molar-refractivity contribution in [3.05, 3.63) is 31.9 Å². The second-order valence-corrected chi connectivity index (χ2v) is 7.20. The standard InChI is InChI=1S/C15H20IN3O2/c16-14-8-13(5-6-15(14)19(20)21)18(9-11-3-4-11)10-12-2-1-7-17-12/h5-6,8,11-12,17H,1-4,7,9-10H2. The molecule has 1 aromatic carbocycles. The van der Waals surface area contributed by atoms with Gasteiger partial charge in [-0.3, -0.25) is 10.1 Å². The molecule has 21 heavy (non-hydrogen) atoms. The van der Waals surface area contributed by atoms with E-state index in [1.54, 1.807) is 6.07 Å². The second kappa shape index (κ2) is 6.48. The molecular formula is C15H20IN3O2. The summed E-state index contributed by atoms with van der Waals surface area (Å²) in [5.41, 5.74) is 1.32. The van der Waals surface area contributed by atoms with Crippen LogP contribution in [0.1, 0.15) is 25.7 Å². The molecule has 3 rings (SSSR count). The lowest BCUT2D eigenvalue weighted by Gasteiger charge is -2.28. The molecule has 1 aliphatic heterocycles. The molecule has 1 aliphatic carbocycles. The third kappa shape index (κ3) is 3.85. The lowest BCUT2D eigenvalue weighted by molar-refractivity contribution is -0.385. The van der Waals surface area contributed by atoms with Crippen molar-refractivity contribution in [3.63, 3.8) is 0 Å². The van der Waals surface area contributed by atoms with E-state index >= 15 is 0 Å². The highest BCUT2D eigenvalue weighted by Gasteiger charge is 2.27. The summed E-state index contributed by atoms with van der Waals surface area (Å²) in [5.74, 6) is 0.805. The molecule has 5 nitrogen and oxygen atoms in total. The smallest absolute Gasteiger partial charge is 0.282 e. The Labute approximate surface area is 138 Å². The highest BCUT2D eigenvalue weighted by atomic mass is 127. The monoisotopic (exact) mass is 401 g/mol. The number of benzene rings is 1. The lowest BCUT2D eigenvalue weighted by atomic mass is 10.1. The number of nitrogens with zero attached hydrogens (tertiary/aromatic N) is 2. The largest absolute Gasteiger partial charge is 0.370 e. The number of rotatable bonds is 6. The van der Waals surface area contributed by atoms with Gasteiger partial charge in [0.2, 0.25) is 0 Å². The van der Waals surface area contributed by atoms with Gasteiger partial charge in [0.15, 0.2) is 0 Å². The fourth-order valence-electron chi connectivity index (χ4n) is 2.92. The van der Waals surface area contributed by atoms with Gasteiger partial charge in [-0.1, -0.05) is 0 Å². The molecule has 0 spiro atoms. The Morgan fingerprint density at radius 1 is 1.33 bits per heavy atom. The molecule has 1 N–H and O–H groups in total. The zero-order valence-electron chi connectivity index (χ0n) is 11.9. The van der Waals surface area contributed by atoms with E-state index in [0.717, 1.165) is 34.8 Å². The van der Waals surface area contributed by atoms with Crippen LogP contribution in [0.25, 0.3) is 0 Å². The fraction of sp³-hybridized carbons (Fsp3) is 0.600. The zero-order chi connectivity index (χ0) is 14.8. The van der Waals surface area contributed by atoms with Gasteiger partial charge in [-0.05, 0) is 72.9 Å². The maximum atomic E-state index is 10.9. The molecular weight excluding hydrogens is 381 g/mol. The summed E-state index contributed by atoms with van der Waals surface area (Å²) in [6.45, 7) is 3.19. The van der Waals surface area contributed by atoms with Gasteiger partial charge in [0.1, 0.15) is 0 Å². The molecule has 1 saturated carbocycles. The van der Waals surface area contributed by atoms with Gasteiger partial charge in [0.05, 0.1) is 8.49 Å². The predicted octanol–water partition coefficient (Wildman–Crippen LogP) is 3.17. The van der Waals surface area contributed by atoms with E-state index in [4.69, 9.17) is 0 Å². The number of anilines is 1. The van der Waals surface area contributed by atoms with Crippen molar-refractivity contribution in [3.8, 4) is 0 Å². The van der Waals surface area contributed by atoms with Gasteiger partial charge in [0.25, 0.3) is 5.69 Å². The zero-order valence-corrected chi connectivity index (χ0v) is 14.1. The van der Waals surface area contributed by atoms with E-state index in [-0.39, 0.29) is 10.6 Å². The number of halogens is 1. The molecule has 0 bridgehead atoms. The summed E-state index contributed by atoms with van der Waals surface area (Å²) in [6.07, 6.45) is 5.11. The average molecular weight is 401 g/mol. The minimum atomic E-state index is -0.310. The van der Waals surface area contributed by atoms with Crippen LogP contribution in [0.5, 0.6) is 0 Å². The Morgan fingerprint density at radius 3 is 2.71 bits per heavy atom. The Bertz CT molecular complexity index is 528. The molecule has 2 fully saturated rings. The van der Waals surface area contributed by atoms with Crippen LogP contribution in [0.4, 0.5) is 11.4 Å². The summed E-state index contributed by atoms with van der Waals surface area (Å²) in [7, 11) is 0. The summed E-state index contributed by atoms with van der Waals surface area (Å²) in [4.78, 5) is 13.0. The van der Waals surface area contributed by atoms with E-state index < -0.39 is 0 Å². The average Bonchev–Trinajstić information content (AvgIpc) is 3.11. The van der Waals surface area contributed by atoms with Gasteiger partial charge in [-0.15, -0.1) is 0 Å². The Hall–Kier alpha value is -0.890. The molecule has 1 heterocycles. The van der Waals surface area contributed by atoms with Gasteiger partial charge in [-0.25, -0.2) is 0 Å². The van der Waals surface area contributed by atoms with Crippen molar-refractivity contribution in [2.75, 3.05) is 24.5 Å². The third-order valence-corrected chi connectivity index (χ3v) is 5.14. The van der Waals surface area contributed by atoms with Crippen molar-refractivity contribution in [1.82, 2.24) is 5.32 Å². The molecule has 6 heteroatoms. The van der Waals surface area contributed by atoms with Crippen LogP contribution in [0, 0.1) is 19.6 Å². The Balaban J connectivity index is 1.77. The SMILES string of the molecule is O=[N+]([O-])c1ccc(N(CC2CC2)CC2CCCN2)cc1I. The molecule has 114 valence electrons.